The number of piperidine rings is 1. The van der Waals surface area contributed by atoms with Gasteiger partial charge in [-0.15, -0.1) is 0 Å². The van der Waals surface area contributed by atoms with Gasteiger partial charge in [-0.25, -0.2) is 0 Å². The molecule has 1 aromatic heterocycles. The lowest BCUT2D eigenvalue weighted by atomic mass is 9.94. The van der Waals surface area contributed by atoms with Crippen molar-refractivity contribution in [2.45, 2.75) is 38.6 Å². The number of benzene rings is 1. The van der Waals surface area contributed by atoms with Crippen molar-refractivity contribution in [3.63, 3.8) is 0 Å². The van der Waals surface area contributed by atoms with Crippen molar-refractivity contribution >= 4 is 5.91 Å². The number of amides is 1. The Hall–Kier alpha value is -2.10. The fourth-order valence-corrected chi connectivity index (χ4v) is 3.18. The van der Waals surface area contributed by atoms with E-state index in [-0.39, 0.29) is 11.9 Å². The molecule has 1 saturated heterocycles. The van der Waals surface area contributed by atoms with Gasteiger partial charge in [-0.2, -0.15) is 5.10 Å². The van der Waals surface area contributed by atoms with E-state index >= 15 is 0 Å². The van der Waals surface area contributed by atoms with E-state index in [9.17, 15) is 4.79 Å². The molecule has 0 N–H and O–H groups in total. The lowest BCUT2D eigenvalue weighted by Crippen LogP contribution is -2.39. The normalized spacial score (nSPS) is 18.5. The fraction of sp³-hybridized carbons (Fsp3) is 0.444. The minimum atomic E-state index is 0.184. The van der Waals surface area contributed by atoms with Crippen LogP contribution in [-0.2, 0) is 18.3 Å². The molecular weight excluding hydrogens is 274 g/mol. The maximum absolute atomic E-state index is 12.7. The van der Waals surface area contributed by atoms with Gasteiger partial charge >= 0.3 is 0 Å². The lowest BCUT2D eigenvalue weighted by Gasteiger charge is -2.36. The van der Waals surface area contributed by atoms with Gasteiger partial charge in [0.15, 0.2) is 0 Å². The van der Waals surface area contributed by atoms with Crippen LogP contribution >= 0.6 is 0 Å². The van der Waals surface area contributed by atoms with Gasteiger partial charge in [0.05, 0.1) is 18.2 Å². The molecule has 1 unspecified atom stereocenters. The third kappa shape index (κ3) is 3.21. The second-order valence-corrected chi connectivity index (χ2v) is 6.17. The van der Waals surface area contributed by atoms with Crippen LogP contribution in [0.5, 0.6) is 0 Å². The first-order valence-electron chi connectivity index (χ1n) is 7.98. The molecule has 1 aliphatic rings. The van der Waals surface area contributed by atoms with Gasteiger partial charge in [0.25, 0.3) is 0 Å². The number of aromatic nitrogens is 2. The van der Waals surface area contributed by atoms with Gasteiger partial charge in [0.1, 0.15) is 0 Å². The summed E-state index contributed by atoms with van der Waals surface area (Å²) in [4.78, 5) is 14.7. The number of likely N-dealkylation sites (tertiary alicyclic amines) is 1. The third-order valence-corrected chi connectivity index (χ3v) is 4.39. The average molecular weight is 297 g/mol. The maximum atomic E-state index is 12.7. The molecule has 0 bridgehead atoms. The van der Waals surface area contributed by atoms with Gasteiger partial charge < -0.3 is 4.90 Å². The maximum Gasteiger partial charge on any atom is 0.229 e. The Kier molecular flexibility index (Phi) is 4.27. The first-order chi connectivity index (χ1) is 10.6. The molecule has 0 spiro atoms. The standard InChI is InChI=1S/C18H23N3O/c1-14-6-8-15(9-7-14)17-5-3-4-11-21(17)18(22)13-16-10-12-20(2)19-16/h6-10,12,17H,3-5,11,13H2,1-2H3. The number of rotatable bonds is 3. The van der Waals surface area contributed by atoms with Crippen molar-refractivity contribution in [2.75, 3.05) is 6.54 Å². The molecule has 4 heteroatoms. The van der Waals surface area contributed by atoms with E-state index in [1.54, 1.807) is 4.68 Å². The van der Waals surface area contributed by atoms with Gasteiger partial charge in [0.2, 0.25) is 5.91 Å². The summed E-state index contributed by atoms with van der Waals surface area (Å²) in [5, 5.41) is 4.32. The number of carbonyl (C=O) groups excluding carboxylic acids is 1. The second-order valence-electron chi connectivity index (χ2n) is 6.17. The summed E-state index contributed by atoms with van der Waals surface area (Å²) in [5.74, 6) is 0.184. The summed E-state index contributed by atoms with van der Waals surface area (Å²) in [6.45, 7) is 2.94. The highest BCUT2D eigenvalue weighted by Crippen LogP contribution is 2.31. The molecule has 3 rings (SSSR count). The van der Waals surface area contributed by atoms with E-state index in [1.165, 1.54) is 17.5 Å². The van der Waals surface area contributed by atoms with Crippen LogP contribution in [0.15, 0.2) is 36.5 Å². The van der Waals surface area contributed by atoms with Crippen LogP contribution in [0.1, 0.15) is 42.1 Å². The summed E-state index contributed by atoms with van der Waals surface area (Å²) < 4.78 is 1.75. The van der Waals surface area contributed by atoms with Gasteiger partial charge in [-0.3, -0.25) is 9.48 Å². The Labute approximate surface area is 131 Å². The van der Waals surface area contributed by atoms with Crippen molar-refractivity contribution in [1.29, 1.82) is 0 Å². The Balaban J connectivity index is 1.77. The molecule has 1 aromatic carbocycles. The van der Waals surface area contributed by atoms with Gasteiger partial charge in [-0.05, 0) is 37.8 Å². The van der Waals surface area contributed by atoms with Crippen molar-refractivity contribution in [1.82, 2.24) is 14.7 Å². The zero-order chi connectivity index (χ0) is 15.5. The van der Waals surface area contributed by atoms with Crippen LogP contribution < -0.4 is 0 Å². The third-order valence-electron chi connectivity index (χ3n) is 4.39. The number of aryl methyl sites for hydroxylation is 2. The summed E-state index contributed by atoms with van der Waals surface area (Å²) in [6, 6.07) is 10.7. The van der Waals surface area contributed by atoms with Crippen molar-refractivity contribution in [2.24, 2.45) is 7.05 Å². The number of hydrogen-bond donors (Lipinski definition) is 0. The minimum Gasteiger partial charge on any atom is -0.335 e. The zero-order valence-corrected chi connectivity index (χ0v) is 13.3. The fourth-order valence-electron chi connectivity index (χ4n) is 3.18. The molecule has 2 aromatic rings. The Morgan fingerprint density at radius 1 is 1.23 bits per heavy atom. The highest BCUT2D eigenvalue weighted by atomic mass is 16.2. The molecule has 1 fully saturated rings. The molecule has 0 radical (unpaired) electrons. The lowest BCUT2D eigenvalue weighted by molar-refractivity contribution is -0.134. The molecule has 0 saturated carbocycles. The van der Waals surface area contributed by atoms with E-state index in [0.717, 1.165) is 25.1 Å². The first kappa shape index (κ1) is 14.8. The highest BCUT2D eigenvalue weighted by Gasteiger charge is 2.28. The van der Waals surface area contributed by atoms with Crippen LogP contribution in [0.4, 0.5) is 0 Å². The van der Waals surface area contributed by atoms with E-state index < -0.39 is 0 Å². The van der Waals surface area contributed by atoms with Crippen molar-refractivity contribution in [3.8, 4) is 0 Å². The largest absolute Gasteiger partial charge is 0.335 e. The topological polar surface area (TPSA) is 38.1 Å². The van der Waals surface area contributed by atoms with E-state index in [2.05, 4.69) is 36.3 Å². The predicted octanol–water partition coefficient (Wildman–Crippen LogP) is 3.02. The number of hydrogen-bond acceptors (Lipinski definition) is 2. The Morgan fingerprint density at radius 2 is 2.00 bits per heavy atom. The molecule has 1 amide bonds. The molecular formula is C18H23N3O. The van der Waals surface area contributed by atoms with Crippen molar-refractivity contribution in [3.05, 3.63) is 53.3 Å². The summed E-state index contributed by atoms with van der Waals surface area (Å²) in [6.07, 6.45) is 5.61. The molecule has 2 heterocycles. The highest BCUT2D eigenvalue weighted by molar-refractivity contribution is 5.79. The zero-order valence-electron chi connectivity index (χ0n) is 13.3. The Bertz CT molecular complexity index is 645. The predicted molar refractivity (Wildman–Crippen MR) is 86.4 cm³/mol. The van der Waals surface area contributed by atoms with E-state index in [4.69, 9.17) is 0 Å². The van der Waals surface area contributed by atoms with Crippen LogP contribution in [0.25, 0.3) is 0 Å². The van der Waals surface area contributed by atoms with Crippen LogP contribution in [-0.4, -0.2) is 27.1 Å². The molecule has 116 valence electrons. The number of carbonyl (C=O) groups is 1. The molecule has 1 aliphatic heterocycles. The summed E-state index contributed by atoms with van der Waals surface area (Å²) in [7, 11) is 1.88. The van der Waals surface area contributed by atoms with Crippen LogP contribution in [0.2, 0.25) is 0 Å². The monoisotopic (exact) mass is 297 g/mol. The molecule has 1 atom stereocenters. The second kappa shape index (κ2) is 6.34. The smallest absolute Gasteiger partial charge is 0.229 e. The van der Waals surface area contributed by atoms with Crippen LogP contribution in [0.3, 0.4) is 0 Å². The summed E-state index contributed by atoms with van der Waals surface area (Å²) in [5.41, 5.74) is 3.35. The Morgan fingerprint density at radius 3 is 2.68 bits per heavy atom. The SMILES string of the molecule is Cc1ccc(C2CCCCN2C(=O)Cc2ccn(C)n2)cc1. The van der Waals surface area contributed by atoms with Crippen LogP contribution in [0, 0.1) is 6.92 Å². The molecule has 22 heavy (non-hydrogen) atoms. The van der Waals surface area contributed by atoms with Crippen molar-refractivity contribution < 1.29 is 4.79 Å². The van der Waals surface area contributed by atoms with Gasteiger partial charge in [0, 0.05) is 19.8 Å². The first-order valence-corrected chi connectivity index (χ1v) is 7.98. The molecule has 0 aliphatic carbocycles. The van der Waals surface area contributed by atoms with Gasteiger partial charge in [-0.1, -0.05) is 29.8 Å². The average Bonchev–Trinajstić information content (AvgIpc) is 2.93. The van der Waals surface area contributed by atoms with E-state index in [0.29, 0.717) is 6.42 Å². The summed E-state index contributed by atoms with van der Waals surface area (Å²) >= 11 is 0. The quantitative estimate of drug-likeness (QED) is 0.873. The molecule has 4 nitrogen and oxygen atoms in total. The number of nitrogens with zero attached hydrogens (tertiary/aromatic N) is 3. The van der Waals surface area contributed by atoms with E-state index in [1.807, 2.05) is 24.2 Å². The minimum absolute atomic E-state index is 0.184.